The van der Waals surface area contributed by atoms with Gasteiger partial charge in [-0.05, 0) is 35.7 Å². The number of halogens is 1. The molecule has 43 heavy (non-hydrogen) atoms. The molecule has 0 unspecified atom stereocenters. The Morgan fingerprint density at radius 1 is 0.953 bits per heavy atom. The van der Waals surface area contributed by atoms with Crippen molar-refractivity contribution in [3.63, 3.8) is 0 Å². The maximum absolute atomic E-state index is 12.2. The molecule has 4 aromatic rings. The Hall–Kier alpha value is -4.46. The van der Waals surface area contributed by atoms with Gasteiger partial charge in [-0.1, -0.05) is 35.9 Å². The molecule has 230 valence electrons. The van der Waals surface area contributed by atoms with E-state index in [1.54, 1.807) is 15.3 Å². The van der Waals surface area contributed by atoms with Crippen LogP contribution in [-0.2, 0) is 48.1 Å². The molecule has 0 fully saturated rings. The molecule has 0 spiro atoms. The SMILES string of the molecule is Cn1c(=O)n(C)c2cc(CN(CCCn3ccnc3)Cc3ccccc3Cl)ccc21.O=C(O)CC(O)(CC(=O)O)C(=O)O. The number of aliphatic carboxylic acids is 3. The van der Waals surface area contributed by atoms with E-state index < -0.39 is 36.4 Å². The monoisotopic (exact) mass is 615 g/mol. The van der Waals surface area contributed by atoms with Crippen LogP contribution in [0.4, 0.5) is 0 Å². The van der Waals surface area contributed by atoms with Crippen molar-refractivity contribution in [1.82, 2.24) is 23.6 Å². The number of aromatic nitrogens is 4. The van der Waals surface area contributed by atoms with Crippen LogP contribution in [0, 0.1) is 0 Å². The van der Waals surface area contributed by atoms with Crippen molar-refractivity contribution < 1.29 is 34.8 Å². The maximum Gasteiger partial charge on any atom is 0.336 e. The number of benzene rings is 2. The van der Waals surface area contributed by atoms with Gasteiger partial charge < -0.3 is 25.0 Å². The van der Waals surface area contributed by atoms with Crippen LogP contribution in [0.5, 0.6) is 0 Å². The second kappa shape index (κ2) is 14.6. The molecule has 2 aromatic heterocycles. The van der Waals surface area contributed by atoms with Crippen LogP contribution in [0.15, 0.2) is 66.0 Å². The molecule has 0 bridgehead atoms. The summed E-state index contributed by atoms with van der Waals surface area (Å²) in [6, 6.07) is 14.3. The summed E-state index contributed by atoms with van der Waals surface area (Å²) in [6.45, 7) is 3.41. The van der Waals surface area contributed by atoms with Crippen molar-refractivity contribution in [2.75, 3.05) is 6.54 Å². The number of hydrogen-bond acceptors (Lipinski definition) is 7. The lowest BCUT2D eigenvalue weighted by Gasteiger charge is -2.23. The third-order valence-corrected chi connectivity index (χ3v) is 7.20. The van der Waals surface area contributed by atoms with Crippen LogP contribution in [-0.4, -0.2) is 74.1 Å². The number of hydrogen-bond donors (Lipinski definition) is 4. The Morgan fingerprint density at radius 2 is 1.60 bits per heavy atom. The fourth-order valence-corrected chi connectivity index (χ4v) is 4.80. The molecular formula is C29H34ClN5O8. The number of imidazole rings is 2. The summed E-state index contributed by atoms with van der Waals surface area (Å²) in [5, 5.41) is 34.6. The first-order chi connectivity index (χ1) is 20.3. The van der Waals surface area contributed by atoms with Crippen LogP contribution < -0.4 is 5.69 Å². The topological polar surface area (TPSA) is 180 Å². The van der Waals surface area contributed by atoms with E-state index in [0.717, 1.165) is 54.2 Å². The first-order valence-corrected chi connectivity index (χ1v) is 13.6. The highest BCUT2D eigenvalue weighted by atomic mass is 35.5. The molecule has 0 atom stereocenters. The summed E-state index contributed by atoms with van der Waals surface area (Å²) < 4.78 is 5.49. The van der Waals surface area contributed by atoms with Crippen LogP contribution in [0.25, 0.3) is 11.0 Å². The molecule has 4 rings (SSSR count). The second-order valence-corrected chi connectivity index (χ2v) is 10.6. The lowest BCUT2D eigenvalue weighted by atomic mass is 9.96. The highest BCUT2D eigenvalue weighted by Gasteiger charge is 2.40. The van der Waals surface area contributed by atoms with Gasteiger partial charge >= 0.3 is 23.6 Å². The largest absolute Gasteiger partial charge is 0.481 e. The summed E-state index contributed by atoms with van der Waals surface area (Å²) >= 11 is 6.43. The first kappa shape index (κ1) is 33.0. The lowest BCUT2D eigenvalue weighted by Crippen LogP contribution is -2.42. The quantitative estimate of drug-likeness (QED) is 0.174. The summed E-state index contributed by atoms with van der Waals surface area (Å²) in [7, 11) is 3.63. The zero-order chi connectivity index (χ0) is 31.7. The summed E-state index contributed by atoms with van der Waals surface area (Å²) in [5.41, 5.74) is 1.46. The van der Waals surface area contributed by atoms with Gasteiger partial charge in [-0.15, -0.1) is 0 Å². The molecule has 2 heterocycles. The number of aliphatic hydroxyl groups is 1. The van der Waals surface area contributed by atoms with Crippen LogP contribution in [0.2, 0.25) is 5.02 Å². The predicted molar refractivity (Wildman–Crippen MR) is 158 cm³/mol. The number of aryl methyl sites for hydroxylation is 3. The van der Waals surface area contributed by atoms with E-state index in [1.165, 1.54) is 5.56 Å². The molecule has 0 saturated carbocycles. The number of rotatable bonds is 13. The molecule has 0 amide bonds. The Bertz CT molecular complexity index is 1610. The second-order valence-electron chi connectivity index (χ2n) is 10.2. The summed E-state index contributed by atoms with van der Waals surface area (Å²) in [4.78, 5) is 49.3. The van der Waals surface area contributed by atoms with Gasteiger partial charge in [0.25, 0.3) is 0 Å². The van der Waals surface area contributed by atoms with Gasteiger partial charge in [-0.25, -0.2) is 14.6 Å². The fourth-order valence-electron chi connectivity index (χ4n) is 4.60. The van der Waals surface area contributed by atoms with E-state index in [2.05, 4.69) is 32.7 Å². The minimum absolute atomic E-state index is 0.00425. The average Bonchev–Trinajstić information content (AvgIpc) is 3.52. The molecule has 0 aliphatic rings. The van der Waals surface area contributed by atoms with Crippen LogP contribution >= 0.6 is 11.6 Å². The summed E-state index contributed by atoms with van der Waals surface area (Å²) in [5.74, 6) is -5.02. The van der Waals surface area contributed by atoms with Gasteiger partial charge in [0, 0.05) is 57.7 Å². The van der Waals surface area contributed by atoms with E-state index >= 15 is 0 Å². The van der Waals surface area contributed by atoms with E-state index in [4.69, 9.17) is 32.0 Å². The average molecular weight is 616 g/mol. The zero-order valence-electron chi connectivity index (χ0n) is 23.8. The van der Waals surface area contributed by atoms with Gasteiger partial charge in [0.15, 0.2) is 5.60 Å². The maximum atomic E-state index is 12.2. The normalized spacial score (nSPS) is 11.4. The van der Waals surface area contributed by atoms with E-state index in [-0.39, 0.29) is 5.69 Å². The van der Waals surface area contributed by atoms with Gasteiger partial charge in [0.05, 0.1) is 30.2 Å². The Labute approximate surface area is 251 Å². The number of carbonyl (C=O) groups is 3. The lowest BCUT2D eigenvalue weighted by molar-refractivity contribution is -0.170. The van der Waals surface area contributed by atoms with Gasteiger partial charge in [-0.2, -0.15) is 0 Å². The van der Waals surface area contributed by atoms with Crippen molar-refractivity contribution in [2.24, 2.45) is 14.1 Å². The zero-order valence-corrected chi connectivity index (χ0v) is 24.5. The number of nitrogens with zero attached hydrogens (tertiary/aromatic N) is 5. The number of fused-ring (bicyclic) bond motifs is 1. The van der Waals surface area contributed by atoms with Crippen molar-refractivity contribution in [3.05, 3.63) is 87.8 Å². The van der Waals surface area contributed by atoms with Crippen LogP contribution in [0.3, 0.4) is 0 Å². The molecular weight excluding hydrogens is 582 g/mol. The highest BCUT2D eigenvalue weighted by molar-refractivity contribution is 6.31. The van der Waals surface area contributed by atoms with Crippen LogP contribution in [0.1, 0.15) is 30.4 Å². The number of carboxylic acids is 3. The fraction of sp³-hybridized carbons (Fsp3) is 0.345. The molecule has 0 radical (unpaired) electrons. The predicted octanol–water partition coefficient (Wildman–Crippen LogP) is 2.57. The first-order valence-electron chi connectivity index (χ1n) is 13.3. The molecule has 2 aromatic carbocycles. The van der Waals surface area contributed by atoms with Gasteiger partial charge in [-0.3, -0.25) is 23.6 Å². The Balaban J connectivity index is 0.000000331. The number of carboxylic acid groups (broad SMARTS) is 3. The molecule has 0 aliphatic carbocycles. The Morgan fingerprint density at radius 3 is 2.19 bits per heavy atom. The van der Waals surface area contributed by atoms with Gasteiger partial charge in [0.2, 0.25) is 0 Å². The Kier molecular flexibility index (Phi) is 11.2. The van der Waals surface area contributed by atoms with Crippen molar-refractivity contribution in [2.45, 2.75) is 44.5 Å². The highest BCUT2D eigenvalue weighted by Crippen LogP contribution is 2.21. The molecule has 0 aliphatic heterocycles. The minimum Gasteiger partial charge on any atom is -0.481 e. The van der Waals surface area contributed by atoms with Crippen molar-refractivity contribution in [3.8, 4) is 0 Å². The molecule has 4 N–H and O–H groups in total. The van der Waals surface area contributed by atoms with E-state index in [9.17, 15) is 19.2 Å². The van der Waals surface area contributed by atoms with Gasteiger partial charge in [0.1, 0.15) is 0 Å². The third kappa shape index (κ3) is 9.01. The molecule has 0 saturated heterocycles. The third-order valence-electron chi connectivity index (χ3n) is 6.83. The standard InChI is InChI=1S/C23H26ClN5O.C6H8O7/c1-26-21-9-8-18(14-22(21)27(2)23(26)30)15-29(12-5-11-28-13-10-25-17-28)16-19-6-3-4-7-20(19)24;7-3(8)1-6(13,5(11)12)2-4(9)10/h3-4,6-10,13-14,17H,5,11-12,15-16H2,1-2H3;13H,1-2H2,(H,7,8)(H,9,10)(H,11,12). The summed E-state index contributed by atoms with van der Waals surface area (Å²) in [6.07, 6.45) is 4.36. The van der Waals surface area contributed by atoms with E-state index in [0.29, 0.717) is 0 Å². The van der Waals surface area contributed by atoms with Crippen molar-refractivity contribution >= 4 is 40.5 Å². The molecule has 14 heteroatoms. The minimum atomic E-state index is -2.74. The van der Waals surface area contributed by atoms with E-state index in [1.807, 2.05) is 50.9 Å². The smallest absolute Gasteiger partial charge is 0.336 e. The molecule has 13 nitrogen and oxygen atoms in total. The van der Waals surface area contributed by atoms with Crippen molar-refractivity contribution in [1.29, 1.82) is 0 Å².